The topological polar surface area (TPSA) is 15.3 Å². The first-order valence-electron chi connectivity index (χ1n) is 7.05. The molecule has 0 aliphatic rings. The second-order valence-electron chi connectivity index (χ2n) is 6.20. The number of nitrogens with one attached hydrogen (secondary N) is 1. The first kappa shape index (κ1) is 15.8. The minimum absolute atomic E-state index is 0.143. The Morgan fingerprint density at radius 3 is 2.26 bits per heavy atom. The molecule has 0 spiro atoms. The van der Waals surface area contributed by atoms with Crippen molar-refractivity contribution in [2.45, 2.75) is 40.2 Å². The monoisotopic (exact) mass is 260 g/mol. The summed E-state index contributed by atoms with van der Waals surface area (Å²) in [6, 6.07) is 8.69. The number of hydrogen-bond acceptors (Lipinski definition) is 2. The zero-order valence-corrected chi connectivity index (χ0v) is 13.1. The molecular weight excluding hydrogens is 232 g/mol. The van der Waals surface area contributed by atoms with E-state index in [1.165, 1.54) is 16.8 Å². The molecule has 0 saturated heterocycles. The second-order valence-corrected chi connectivity index (χ2v) is 6.20. The van der Waals surface area contributed by atoms with Gasteiger partial charge in [-0.15, -0.1) is 0 Å². The van der Waals surface area contributed by atoms with Crippen LogP contribution in [-0.2, 0) is 0 Å². The first-order chi connectivity index (χ1) is 8.81. The zero-order valence-electron chi connectivity index (χ0n) is 13.1. The van der Waals surface area contributed by atoms with E-state index in [1.54, 1.807) is 0 Å². The van der Waals surface area contributed by atoms with E-state index in [2.05, 4.69) is 75.7 Å². The fourth-order valence-corrected chi connectivity index (χ4v) is 1.86. The van der Waals surface area contributed by atoms with Gasteiger partial charge in [-0.05, 0) is 52.3 Å². The van der Waals surface area contributed by atoms with Crippen molar-refractivity contribution in [2.24, 2.45) is 0 Å². The lowest BCUT2D eigenvalue weighted by Gasteiger charge is -2.27. The van der Waals surface area contributed by atoms with Crippen LogP contribution in [0.3, 0.4) is 0 Å². The SMILES string of the molecule is C=C(CNC(C)(C)C)CN(CC)c1ccc(C)cc1. The second kappa shape index (κ2) is 6.76. The molecule has 0 heterocycles. The summed E-state index contributed by atoms with van der Waals surface area (Å²) in [5.74, 6) is 0. The Labute approximate surface area is 118 Å². The van der Waals surface area contributed by atoms with Crippen LogP contribution in [-0.4, -0.2) is 25.2 Å². The van der Waals surface area contributed by atoms with E-state index in [-0.39, 0.29) is 5.54 Å². The molecule has 0 bridgehead atoms. The minimum atomic E-state index is 0.143. The van der Waals surface area contributed by atoms with Gasteiger partial charge in [0.15, 0.2) is 0 Å². The molecule has 2 nitrogen and oxygen atoms in total. The van der Waals surface area contributed by atoms with Crippen LogP contribution in [0.1, 0.15) is 33.3 Å². The van der Waals surface area contributed by atoms with Gasteiger partial charge in [-0.1, -0.05) is 24.3 Å². The molecule has 0 unspecified atom stereocenters. The fourth-order valence-electron chi connectivity index (χ4n) is 1.86. The molecule has 1 N–H and O–H groups in total. The number of nitrogens with zero attached hydrogens (tertiary/aromatic N) is 1. The third kappa shape index (κ3) is 5.93. The summed E-state index contributed by atoms with van der Waals surface area (Å²) in [6.45, 7) is 17.8. The molecular formula is C17H28N2. The smallest absolute Gasteiger partial charge is 0.0398 e. The summed E-state index contributed by atoms with van der Waals surface area (Å²) in [5.41, 5.74) is 3.93. The number of anilines is 1. The van der Waals surface area contributed by atoms with Gasteiger partial charge in [-0.2, -0.15) is 0 Å². The molecule has 0 amide bonds. The number of aryl methyl sites for hydroxylation is 1. The van der Waals surface area contributed by atoms with Crippen molar-refractivity contribution >= 4 is 5.69 Å². The highest BCUT2D eigenvalue weighted by atomic mass is 15.1. The lowest BCUT2D eigenvalue weighted by atomic mass is 10.1. The molecule has 106 valence electrons. The molecule has 1 rings (SSSR count). The Morgan fingerprint density at radius 1 is 1.21 bits per heavy atom. The van der Waals surface area contributed by atoms with Crippen LogP contribution in [0.4, 0.5) is 5.69 Å². The van der Waals surface area contributed by atoms with Crippen LogP contribution in [0, 0.1) is 6.92 Å². The van der Waals surface area contributed by atoms with E-state index in [0.717, 1.165) is 19.6 Å². The highest BCUT2D eigenvalue weighted by Crippen LogP contribution is 2.16. The normalized spacial score (nSPS) is 11.4. The van der Waals surface area contributed by atoms with Gasteiger partial charge in [-0.3, -0.25) is 0 Å². The van der Waals surface area contributed by atoms with E-state index < -0.39 is 0 Å². The quantitative estimate of drug-likeness (QED) is 0.783. The summed E-state index contributed by atoms with van der Waals surface area (Å²) < 4.78 is 0. The van der Waals surface area contributed by atoms with Gasteiger partial charge < -0.3 is 10.2 Å². The predicted molar refractivity (Wildman–Crippen MR) is 86.0 cm³/mol. The molecule has 0 aliphatic carbocycles. The zero-order chi connectivity index (χ0) is 14.5. The lowest BCUT2D eigenvalue weighted by molar-refractivity contribution is 0.443. The van der Waals surface area contributed by atoms with Gasteiger partial charge in [-0.25, -0.2) is 0 Å². The molecule has 0 radical (unpaired) electrons. The fraction of sp³-hybridized carbons (Fsp3) is 0.529. The van der Waals surface area contributed by atoms with Crippen LogP contribution in [0.5, 0.6) is 0 Å². The predicted octanol–water partition coefficient (Wildman–Crippen LogP) is 3.77. The summed E-state index contributed by atoms with van der Waals surface area (Å²) in [4.78, 5) is 2.35. The van der Waals surface area contributed by atoms with Gasteiger partial charge in [0.1, 0.15) is 0 Å². The lowest BCUT2D eigenvalue weighted by Crippen LogP contribution is -2.38. The van der Waals surface area contributed by atoms with Crippen molar-refractivity contribution in [3.05, 3.63) is 42.0 Å². The molecule has 0 saturated carbocycles. The van der Waals surface area contributed by atoms with Crippen molar-refractivity contribution in [1.29, 1.82) is 0 Å². The summed E-state index contributed by atoms with van der Waals surface area (Å²) in [5, 5.41) is 3.49. The molecule has 0 atom stereocenters. The number of likely N-dealkylation sites (N-methyl/N-ethyl adjacent to an activating group) is 1. The van der Waals surface area contributed by atoms with Gasteiger partial charge in [0, 0.05) is 30.9 Å². The average molecular weight is 260 g/mol. The Bertz CT molecular complexity index is 398. The van der Waals surface area contributed by atoms with Gasteiger partial charge in [0.05, 0.1) is 0 Å². The van der Waals surface area contributed by atoms with Crippen molar-refractivity contribution in [3.8, 4) is 0 Å². The van der Waals surface area contributed by atoms with E-state index in [9.17, 15) is 0 Å². The third-order valence-electron chi connectivity index (χ3n) is 3.06. The van der Waals surface area contributed by atoms with E-state index in [0.29, 0.717) is 0 Å². The van der Waals surface area contributed by atoms with Crippen LogP contribution in [0.15, 0.2) is 36.4 Å². The standard InChI is InChI=1S/C17H28N2/c1-7-19(16-10-8-14(2)9-11-16)13-15(3)12-18-17(4,5)6/h8-11,18H,3,7,12-13H2,1-2,4-6H3. The maximum atomic E-state index is 4.18. The summed E-state index contributed by atoms with van der Waals surface area (Å²) in [6.07, 6.45) is 0. The summed E-state index contributed by atoms with van der Waals surface area (Å²) >= 11 is 0. The first-order valence-corrected chi connectivity index (χ1v) is 7.05. The average Bonchev–Trinajstić information content (AvgIpc) is 2.34. The third-order valence-corrected chi connectivity index (χ3v) is 3.06. The van der Waals surface area contributed by atoms with Crippen LogP contribution >= 0.6 is 0 Å². The highest BCUT2D eigenvalue weighted by molar-refractivity contribution is 5.48. The van der Waals surface area contributed by atoms with Gasteiger partial charge in [0.2, 0.25) is 0 Å². The number of hydrogen-bond donors (Lipinski definition) is 1. The molecule has 0 fully saturated rings. The minimum Gasteiger partial charge on any atom is -0.368 e. The maximum Gasteiger partial charge on any atom is 0.0398 e. The Balaban J connectivity index is 2.57. The van der Waals surface area contributed by atoms with Crippen molar-refractivity contribution in [1.82, 2.24) is 5.32 Å². The molecule has 19 heavy (non-hydrogen) atoms. The van der Waals surface area contributed by atoms with Gasteiger partial charge >= 0.3 is 0 Å². The van der Waals surface area contributed by atoms with E-state index in [1.807, 2.05) is 0 Å². The van der Waals surface area contributed by atoms with Crippen molar-refractivity contribution in [2.75, 3.05) is 24.5 Å². The highest BCUT2D eigenvalue weighted by Gasteiger charge is 2.10. The number of benzene rings is 1. The van der Waals surface area contributed by atoms with Crippen LogP contribution in [0.25, 0.3) is 0 Å². The Morgan fingerprint density at radius 2 is 1.79 bits per heavy atom. The van der Waals surface area contributed by atoms with Crippen molar-refractivity contribution < 1.29 is 0 Å². The van der Waals surface area contributed by atoms with E-state index >= 15 is 0 Å². The van der Waals surface area contributed by atoms with Crippen molar-refractivity contribution in [3.63, 3.8) is 0 Å². The molecule has 1 aromatic rings. The molecule has 0 aromatic heterocycles. The Hall–Kier alpha value is -1.28. The van der Waals surface area contributed by atoms with E-state index in [4.69, 9.17) is 0 Å². The van der Waals surface area contributed by atoms with Crippen LogP contribution in [0.2, 0.25) is 0 Å². The van der Waals surface area contributed by atoms with Crippen LogP contribution < -0.4 is 10.2 Å². The summed E-state index contributed by atoms with van der Waals surface area (Å²) in [7, 11) is 0. The molecule has 0 aliphatic heterocycles. The molecule has 2 heteroatoms. The molecule has 1 aromatic carbocycles. The number of rotatable bonds is 6. The largest absolute Gasteiger partial charge is 0.368 e. The maximum absolute atomic E-state index is 4.18. The Kier molecular flexibility index (Phi) is 5.61. The van der Waals surface area contributed by atoms with Gasteiger partial charge in [0.25, 0.3) is 0 Å².